The number of carboxylic acid groups (broad SMARTS) is 1. The van der Waals surface area contributed by atoms with Gasteiger partial charge in [0.25, 0.3) is 0 Å². The van der Waals surface area contributed by atoms with Crippen LogP contribution in [0.4, 0.5) is 0 Å². The van der Waals surface area contributed by atoms with Crippen molar-refractivity contribution >= 4 is 28.6 Å². The van der Waals surface area contributed by atoms with Crippen molar-refractivity contribution in [3.63, 3.8) is 0 Å². The monoisotopic (exact) mass is 454 g/mol. The van der Waals surface area contributed by atoms with Crippen molar-refractivity contribution in [3.8, 4) is 17.2 Å². The van der Waals surface area contributed by atoms with E-state index in [-0.39, 0.29) is 0 Å². The number of aliphatic carboxylic acids is 1. The van der Waals surface area contributed by atoms with Crippen molar-refractivity contribution in [2.45, 2.75) is 40.5 Å². The largest absolute Gasteiger partial charge is 0.507 e. The number of phenolic OH excluding ortho intramolecular Hbond substituents is 1. The van der Waals surface area contributed by atoms with Crippen LogP contribution in [0.15, 0.2) is 24.3 Å². The molecule has 0 aliphatic heterocycles. The number of rotatable bonds is 6. The van der Waals surface area contributed by atoms with Gasteiger partial charge in [0.1, 0.15) is 17.2 Å². The predicted octanol–water partition coefficient (Wildman–Crippen LogP) is 5.23. The molecule has 2 rings (SSSR count). The van der Waals surface area contributed by atoms with E-state index in [1.54, 1.807) is 6.92 Å². The van der Waals surface area contributed by atoms with Crippen LogP contribution in [0.25, 0.3) is 0 Å². The highest BCUT2D eigenvalue weighted by atomic mass is 127. The SMILES string of the molecule is CCc1cc(Oc2c(C)cc(C[C@H](C)C(=O)O)cc2C)cc(I)c1O. The van der Waals surface area contributed by atoms with Crippen LogP contribution >= 0.6 is 22.6 Å². The number of carbonyl (C=O) groups is 1. The smallest absolute Gasteiger partial charge is 0.306 e. The summed E-state index contributed by atoms with van der Waals surface area (Å²) in [4.78, 5) is 11.1. The molecule has 0 amide bonds. The average molecular weight is 454 g/mol. The molecule has 0 fully saturated rings. The summed E-state index contributed by atoms with van der Waals surface area (Å²) in [6.45, 7) is 7.62. The highest BCUT2D eigenvalue weighted by Gasteiger charge is 2.15. The van der Waals surface area contributed by atoms with Gasteiger partial charge in [-0.05, 0) is 83.7 Å². The maximum absolute atomic E-state index is 11.1. The van der Waals surface area contributed by atoms with Crippen LogP contribution in [0.3, 0.4) is 0 Å². The molecule has 5 heteroatoms. The van der Waals surface area contributed by atoms with Crippen LogP contribution < -0.4 is 4.74 Å². The van der Waals surface area contributed by atoms with Crippen molar-refractivity contribution in [1.29, 1.82) is 0 Å². The lowest BCUT2D eigenvalue weighted by molar-refractivity contribution is -0.141. The molecule has 0 bridgehead atoms. The van der Waals surface area contributed by atoms with Gasteiger partial charge in [0.15, 0.2) is 0 Å². The van der Waals surface area contributed by atoms with Gasteiger partial charge in [-0.2, -0.15) is 0 Å². The quantitative estimate of drug-likeness (QED) is 0.587. The Kier molecular flexibility index (Phi) is 6.32. The molecule has 134 valence electrons. The molecule has 2 aromatic carbocycles. The Morgan fingerprint density at radius 2 is 1.80 bits per heavy atom. The molecule has 0 spiro atoms. The first-order valence-corrected chi connectivity index (χ1v) is 9.33. The highest BCUT2D eigenvalue weighted by Crippen LogP contribution is 2.35. The van der Waals surface area contributed by atoms with Crippen LogP contribution in [0.1, 0.15) is 36.1 Å². The van der Waals surface area contributed by atoms with E-state index >= 15 is 0 Å². The zero-order valence-corrected chi connectivity index (χ0v) is 17.0. The second-order valence-corrected chi connectivity index (χ2v) is 7.53. The Labute approximate surface area is 162 Å². The van der Waals surface area contributed by atoms with E-state index in [9.17, 15) is 9.90 Å². The Morgan fingerprint density at radius 1 is 1.20 bits per heavy atom. The standard InChI is InChI=1S/C20H23IO4/c1-5-15-9-16(10-17(21)18(15)22)25-19-11(2)6-14(7-12(19)3)8-13(4)20(23)24/h6-7,9-10,13,22H,5,8H2,1-4H3,(H,23,24)/t13-/m0/s1. The van der Waals surface area contributed by atoms with Gasteiger partial charge in [-0.1, -0.05) is 26.0 Å². The lowest BCUT2D eigenvalue weighted by atomic mass is 9.97. The van der Waals surface area contributed by atoms with Crippen molar-refractivity contribution in [3.05, 3.63) is 50.1 Å². The lowest BCUT2D eigenvalue weighted by Crippen LogP contribution is -2.12. The summed E-state index contributed by atoms with van der Waals surface area (Å²) in [6.07, 6.45) is 1.22. The van der Waals surface area contributed by atoms with E-state index < -0.39 is 11.9 Å². The Balaban J connectivity index is 2.32. The van der Waals surface area contributed by atoms with E-state index in [2.05, 4.69) is 22.6 Å². The molecule has 2 N–H and O–H groups in total. The number of hydrogen-bond acceptors (Lipinski definition) is 3. The normalized spacial score (nSPS) is 12.0. The topological polar surface area (TPSA) is 66.8 Å². The number of benzene rings is 2. The zero-order valence-electron chi connectivity index (χ0n) is 14.9. The molecule has 0 aliphatic rings. The summed E-state index contributed by atoms with van der Waals surface area (Å²) in [5, 5.41) is 19.1. The van der Waals surface area contributed by atoms with Gasteiger partial charge in [0.05, 0.1) is 9.49 Å². The summed E-state index contributed by atoms with van der Waals surface area (Å²) >= 11 is 2.10. The summed E-state index contributed by atoms with van der Waals surface area (Å²) in [5.74, 6) is 0.562. The Bertz CT molecular complexity index is 776. The molecule has 0 unspecified atom stereocenters. The van der Waals surface area contributed by atoms with Crippen LogP contribution in [0, 0.1) is 23.3 Å². The molecule has 0 saturated carbocycles. The van der Waals surface area contributed by atoms with E-state index in [1.807, 2.05) is 45.0 Å². The van der Waals surface area contributed by atoms with Gasteiger partial charge in [-0.3, -0.25) is 4.79 Å². The van der Waals surface area contributed by atoms with Crippen molar-refractivity contribution in [1.82, 2.24) is 0 Å². The van der Waals surface area contributed by atoms with Gasteiger partial charge in [-0.25, -0.2) is 0 Å². The van der Waals surface area contributed by atoms with Gasteiger partial charge in [0.2, 0.25) is 0 Å². The first kappa shape index (κ1) is 19.6. The molecule has 4 nitrogen and oxygen atoms in total. The number of hydrogen-bond donors (Lipinski definition) is 2. The summed E-state index contributed by atoms with van der Waals surface area (Å²) < 4.78 is 6.85. The first-order valence-electron chi connectivity index (χ1n) is 8.25. The first-order chi connectivity index (χ1) is 11.7. The highest BCUT2D eigenvalue weighted by molar-refractivity contribution is 14.1. The minimum Gasteiger partial charge on any atom is -0.507 e. The zero-order chi connectivity index (χ0) is 18.7. The Hall–Kier alpha value is -1.76. The maximum atomic E-state index is 11.1. The molecule has 2 aromatic rings. The molecule has 0 aliphatic carbocycles. The van der Waals surface area contributed by atoms with Crippen LogP contribution in [-0.2, 0) is 17.6 Å². The van der Waals surface area contributed by atoms with E-state index in [0.29, 0.717) is 17.9 Å². The van der Waals surface area contributed by atoms with E-state index in [0.717, 1.165) is 38.0 Å². The fourth-order valence-corrected chi connectivity index (χ4v) is 3.49. The molecule has 1 atom stereocenters. The minimum atomic E-state index is -0.790. The fourth-order valence-electron chi connectivity index (χ4n) is 2.83. The second-order valence-electron chi connectivity index (χ2n) is 6.37. The average Bonchev–Trinajstić information content (AvgIpc) is 2.53. The summed E-state index contributed by atoms with van der Waals surface area (Å²) in [6, 6.07) is 7.63. The number of ether oxygens (including phenoxy) is 1. The second kappa shape index (κ2) is 8.08. The third kappa shape index (κ3) is 4.66. The molecule has 0 saturated heterocycles. The Morgan fingerprint density at radius 3 is 2.32 bits per heavy atom. The van der Waals surface area contributed by atoms with Gasteiger partial charge >= 0.3 is 5.97 Å². The summed E-state index contributed by atoms with van der Waals surface area (Å²) in [5.41, 5.74) is 3.78. The number of aromatic hydroxyl groups is 1. The lowest BCUT2D eigenvalue weighted by Gasteiger charge is -2.16. The van der Waals surface area contributed by atoms with Crippen LogP contribution in [0.2, 0.25) is 0 Å². The van der Waals surface area contributed by atoms with Crippen molar-refractivity contribution in [2.75, 3.05) is 0 Å². The molecule has 25 heavy (non-hydrogen) atoms. The van der Waals surface area contributed by atoms with Crippen molar-refractivity contribution in [2.24, 2.45) is 5.92 Å². The third-order valence-corrected chi connectivity index (χ3v) is 5.02. The number of phenols is 1. The van der Waals surface area contributed by atoms with Crippen LogP contribution in [-0.4, -0.2) is 16.2 Å². The number of aryl methyl sites for hydroxylation is 3. The number of halogens is 1. The summed E-state index contributed by atoms with van der Waals surface area (Å²) in [7, 11) is 0. The molecule has 0 radical (unpaired) electrons. The van der Waals surface area contributed by atoms with E-state index in [1.165, 1.54) is 0 Å². The third-order valence-electron chi connectivity index (χ3n) is 4.20. The van der Waals surface area contributed by atoms with Crippen molar-refractivity contribution < 1.29 is 19.7 Å². The van der Waals surface area contributed by atoms with E-state index in [4.69, 9.17) is 9.84 Å². The predicted molar refractivity (Wildman–Crippen MR) is 107 cm³/mol. The van der Waals surface area contributed by atoms with Crippen LogP contribution in [0.5, 0.6) is 17.2 Å². The molecule has 0 heterocycles. The minimum absolute atomic E-state index is 0.307. The number of carboxylic acids is 1. The van der Waals surface area contributed by atoms with Gasteiger partial charge in [0, 0.05) is 0 Å². The van der Waals surface area contributed by atoms with Gasteiger partial charge < -0.3 is 14.9 Å². The molecular formula is C20H23IO4. The maximum Gasteiger partial charge on any atom is 0.306 e. The van der Waals surface area contributed by atoms with Gasteiger partial charge in [-0.15, -0.1) is 0 Å². The molecular weight excluding hydrogens is 431 g/mol. The fraction of sp³-hybridized carbons (Fsp3) is 0.350. The molecule has 0 aromatic heterocycles.